The van der Waals surface area contributed by atoms with E-state index in [1.54, 1.807) is 19.2 Å². The second kappa shape index (κ2) is 6.65. The molecule has 29 heavy (non-hydrogen) atoms. The average Bonchev–Trinajstić information content (AvgIpc) is 3.26. The number of unbranched alkanes of at least 4 members (excludes halogenated alkanes) is 1. The second-order valence-corrected chi connectivity index (χ2v) is 7.32. The van der Waals surface area contributed by atoms with Gasteiger partial charge in [0.05, 0.1) is 23.8 Å². The van der Waals surface area contributed by atoms with Crippen molar-refractivity contribution < 1.29 is 13.5 Å². The number of halogens is 2. The van der Waals surface area contributed by atoms with Crippen molar-refractivity contribution in [2.75, 3.05) is 19.0 Å². The van der Waals surface area contributed by atoms with Crippen LogP contribution in [0, 0.1) is 11.6 Å². The molecule has 5 aromatic rings. The Hall–Kier alpha value is -3.28. The van der Waals surface area contributed by atoms with Crippen LogP contribution in [0.5, 0.6) is 5.75 Å². The van der Waals surface area contributed by atoms with E-state index in [0.717, 1.165) is 68.7 Å². The van der Waals surface area contributed by atoms with Crippen LogP contribution in [0.3, 0.4) is 0 Å². The maximum Gasteiger partial charge on any atom is 0.167 e. The van der Waals surface area contributed by atoms with Gasteiger partial charge in [-0.2, -0.15) is 0 Å². The highest BCUT2D eigenvalue weighted by Gasteiger charge is 2.22. The summed E-state index contributed by atoms with van der Waals surface area (Å²) in [5.41, 5.74) is 4.07. The maximum absolute atomic E-state index is 14.1. The number of rotatable bonds is 5. The lowest BCUT2D eigenvalue weighted by Gasteiger charge is -2.13. The van der Waals surface area contributed by atoms with Crippen molar-refractivity contribution in [1.29, 1.82) is 0 Å². The minimum Gasteiger partial charge on any atom is -0.492 e. The molecule has 0 unspecified atom stereocenters. The predicted molar refractivity (Wildman–Crippen MR) is 115 cm³/mol. The second-order valence-electron chi connectivity index (χ2n) is 7.32. The molecular weight excluding hydrogens is 372 g/mol. The number of aromatic nitrogens is 2. The Morgan fingerprint density at radius 2 is 1.45 bits per heavy atom. The fourth-order valence-electron chi connectivity index (χ4n) is 4.21. The van der Waals surface area contributed by atoms with Gasteiger partial charge < -0.3 is 20.0 Å². The number of hydrogen-bond acceptors (Lipinski definition) is 2. The summed E-state index contributed by atoms with van der Waals surface area (Å²) in [5.74, 6) is 0.0214. The van der Waals surface area contributed by atoms with Crippen LogP contribution in [0.25, 0.3) is 43.6 Å². The van der Waals surface area contributed by atoms with Gasteiger partial charge in [-0.15, -0.1) is 0 Å². The summed E-state index contributed by atoms with van der Waals surface area (Å²) in [6.07, 6.45) is 2.03. The third kappa shape index (κ3) is 2.63. The number of H-pyrrole nitrogens is 2. The van der Waals surface area contributed by atoms with Crippen LogP contribution in [0.15, 0.2) is 36.4 Å². The van der Waals surface area contributed by atoms with Gasteiger partial charge in [0, 0.05) is 39.1 Å². The molecule has 0 aliphatic heterocycles. The zero-order chi connectivity index (χ0) is 20.1. The number of ether oxygens (including phenoxy) is 1. The summed E-state index contributed by atoms with van der Waals surface area (Å²) >= 11 is 0. The first-order valence-electron chi connectivity index (χ1n) is 9.78. The molecule has 5 rings (SSSR count). The van der Waals surface area contributed by atoms with E-state index in [0.29, 0.717) is 5.75 Å². The third-order valence-electron chi connectivity index (χ3n) is 5.51. The minimum absolute atomic E-state index is 0.304. The van der Waals surface area contributed by atoms with Gasteiger partial charge >= 0.3 is 0 Å². The van der Waals surface area contributed by atoms with Gasteiger partial charge in [-0.05, 0) is 42.8 Å². The van der Waals surface area contributed by atoms with E-state index < -0.39 is 0 Å². The molecule has 0 aliphatic carbocycles. The first-order valence-corrected chi connectivity index (χ1v) is 9.78. The first-order chi connectivity index (χ1) is 14.1. The minimum atomic E-state index is -0.304. The first kappa shape index (κ1) is 17.8. The fraction of sp³-hybridized carbons (Fsp3) is 0.217. The molecule has 0 atom stereocenters. The Labute approximate surface area is 165 Å². The quantitative estimate of drug-likeness (QED) is 0.300. The number of nitrogens with one attached hydrogen (secondary N) is 3. The number of aromatic amines is 2. The monoisotopic (exact) mass is 393 g/mol. The van der Waals surface area contributed by atoms with E-state index in [1.807, 2.05) is 0 Å². The number of anilines is 1. The zero-order valence-corrected chi connectivity index (χ0v) is 16.2. The van der Waals surface area contributed by atoms with Crippen LogP contribution in [-0.2, 0) is 0 Å². The van der Waals surface area contributed by atoms with Crippen molar-refractivity contribution in [2.24, 2.45) is 0 Å². The summed E-state index contributed by atoms with van der Waals surface area (Å²) in [5, 5.41) is 6.78. The smallest absolute Gasteiger partial charge is 0.167 e. The topological polar surface area (TPSA) is 52.8 Å². The summed E-state index contributed by atoms with van der Waals surface area (Å²) in [7, 11) is 1.61. The van der Waals surface area contributed by atoms with Crippen molar-refractivity contribution in [1.82, 2.24) is 9.97 Å². The van der Waals surface area contributed by atoms with E-state index >= 15 is 0 Å². The lowest BCUT2D eigenvalue weighted by Crippen LogP contribution is -2.02. The van der Waals surface area contributed by atoms with Gasteiger partial charge in [-0.1, -0.05) is 13.3 Å². The molecule has 0 amide bonds. The lowest BCUT2D eigenvalue weighted by atomic mass is 10.0. The molecule has 0 saturated carbocycles. The number of methoxy groups -OCH3 is 1. The van der Waals surface area contributed by atoms with E-state index in [9.17, 15) is 8.78 Å². The van der Waals surface area contributed by atoms with E-state index in [1.165, 1.54) is 24.3 Å². The Morgan fingerprint density at radius 1 is 0.897 bits per heavy atom. The third-order valence-corrected chi connectivity index (χ3v) is 5.51. The normalized spacial score (nSPS) is 11.9. The molecule has 148 valence electrons. The van der Waals surface area contributed by atoms with Crippen molar-refractivity contribution in [3.8, 4) is 5.75 Å². The largest absolute Gasteiger partial charge is 0.492 e. The Balaban J connectivity index is 2.00. The van der Waals surface area contributed by atoms with Crippen molar-refractivity contribution in [2.45, 2.75) is 19.8 Å². The summed E-state index contributed by atoms with van der Waals surface area (Å²) in [4.78, 5) is 6.76. The Morgan fingerprint density at radius 3 is 1.93 bits per heavy atom. The van der Waals surface area contributed by atoms with Gasteiger partial charge in [-0.25, -0.2) is 8.78 Å². The molecule has 2 heterocycles. The molecule has 0 bridgehead atoms. The SMILES string of the molecule is CCCCNc1c2c([nH]c3ccc(F)cc32)c(OC)c2[nH]c3ccc(F)cc3c12. The molecule has 0 saturated heterocycles. The molecule has 0 aliphatic rings. The van der Waals surface area contributed by atoms with Crippen molar-refractivity contribution in [3.05, 3.63) is 48.0 Å². The highest BCUT2D eigenvalue weighted by molar-refractivity contribution is 6.29. The molecule has 3 N–H and O–H groups in total. The number of hydrogen-bond donors (Lipinski definition) is 3. The van der Waals surface area contributed by atoms with Crippen LogP contribution in [0.4, 0.5) is 14.5 Å². The molecule has 4 nitrogen and oxygen atoms in total. The van der Waals surface area contributed by atoms with Crippen LogP contribution in [0.2, 0.25) is 0 Å². The molecule has 0 spiro atoms. The summed E-state index contributed by atoms with van der Waals surface area (Å²) < 4.78 is 34.0. The zero-order valence-electron chi connectivity index (χ0n) is 16.2. The molecule has 0 fully saturated rings. The highest BCUT2D eigenvalue weighted by Crippen LogP contribution is 2.46. The Kier molecular flexibility index (Phi) is 4.08. The van der Waals surface area contributed by atoms with Crippen LogP contribution < -0.4 is 10.1 Å². The number of benzene rings is 3. The fourth-order valence-corrected chi connectivity index (χ4v) is 4.21. The van der Waals surface area contributed by atoms with E-state index in [2.05, 4.69) is 22.2 Å². The van der Waals surface area contributed by atoms with Crippen molar-refractivity contribution >= 4 is 49.3 Å². The van der Waals surface area contributed by atoms with Crippen molar-refractivity contribution in [3.63, 3.8) is 0 Å². The number of fused-ring (bicyclic) bond motifs is 6. The molecule has 2 aromatic heterocycles. The maximum atomic E-state index is 14.1. The highest BCUT2D eigenvalue weighted by atomic mass is 19.1. The molecular formula is C23H21F2N3O. The van der Waals surface area contributed by atoms with Gasteiger partial charge in [0.1, 0.15) is 11.6 Å². The lowest BCUT2D eigenvalue weighted by molar-refractivity contribution is 0.423. The van der Waals surface area contributed by atoms with Crippen LogP contribution in [-0.4, -0.2) is 23.6 Å². The van der Waals surface area contributed by atoms with Crippen LogP contribution in [0.1, 0.15) is 19.8 Å². The van der Waals surface area contributed by atoms with Gasteiger partial charge in [0.2, 0.25) is 0 Å². The summed E-state index contributed by atoms with van der Waals surface area (Å²) in [6, 6.07) is 9.38. The standard InChI is InChI=1S/C23H21F2N3O/c1-3-4-9-26-20-18-14-10-12(24)5-7-16(14)27-21(18)23(29-2)22-19(20)15-11-13(25)6-8-17(15)28-22/h5-8,10-11,26-28H,3-4,9H2,1-2H3. The van der Waals surface area contributed by atoms with E-state index in [-0.39, 0.29) is 11.6 Å². The molecule has 0 radical (unpaired) electrons. The summed E-state index contributed by atoms with van der Waals surface area (Å²) in [6.45, 7) is 2.89. The Bertz CT molecular complexity index is 1290. The van der Waals surface area contributed by atoms with Gasteiger partial charge in [0.15, 0.2) is 5.75 Å². The van der Waals surface area contributed by atoms with Crippen LogP contribution >= 0.6 is 0 Å². The molecule has 6 heteroatoms. The van der Waals surface area contributed by atoms with Gasteiger partial charge in [0.25, 0.3) is 0 Å². The van der Waals surface area contributed by atoms with E-state index in [4.69, 9.17) is 4.74 Å². The van der Waals surface area contributed by atoms with Gasteiger partial charge in [-0.3, -0.25) is 0 Å². The predicted octanol–water partition coefficient (Wildman–Crippen LogP) is 6.45. The average molecular weight is 393 g/mol. The molecule has 3 aromatic carbocycles.